The third kappa shape index (κ3) is 2.76. The normalized spacial score (nSPS) is 16.2. The molecule has 3 heterocycles. The van der Waals surface area contributed by atoms with Crippen molar-refractivity contribution in [1.29, 1.82) is 0 Å². The number of fused-ring (bicyclic) bond motifs is 1. The van der Waals surface area contributed by atoms with Crippen molar-refractivity contribution >= 4 is 28.8 Å². The number of Topliss-reactive ketones (excluding diaryl/α,β-unsaturated/α-hetero) is 1. The molecular weight excluding hydrogens is 346 g/mol. The zero-order valence-corrected chi connectivity index (χ0v) is 15.5. The van der Waals surface area contributed by atoms with Crippen LogP contribution in [0.4, 0.5) is 5.82 Å². The molecule has 0 fully saturated rings. The molecule has 0 aliphatic carbocycles. The fourth-order valence-electron chi connectivity index (χ4n) is 3.46. The quantitative estimate of drug-likeness (QED) is 0.708. The number of hydrogen-bond acceptors (Lipinski definition) is 4. The van der Waals surface area contributed by atoms with Crippen LogP contribution in [0.2, 0.25) is 0 Å². The highest BCUT2D eigenvalue weighted by Gasteiger charge is 2.36. The van der Waals surface area contributed by atoms with E-state index >= 15 is 0 Å². The minimum absolute atomic E-state index is 0.0129. The lowest BCUT2D eigenvalue weighted by Gasteiger charge is -2.22. The van der Waals surface area contributed by atoms with E-state index in [-0.39, 0.29) is 18.1 Å². The van der Waals surface area contributed by atoms with Gasteiger partial charge in [-0.25, -0.2) is 4.68 Å². The Bertz CT molecular complexity index is 989. The molecule has 26 heavy (non-hydrogen) atoms. The number of thiophene rings is 1. The van der Waals surface area contributed by atoms with Gasteiger partial charge in [0.15, 0.2) is 5.78 Å². The van der Waals surface area contributed by atoms with E-state index in [1.165, 1.54) is 16.9 Å². The summed E-state index contributed by atoms with van der Waals surface area (Å²) in [5.41, 5.74) is 3.68. The number of benzene rings is 1. The molecule has 0 bridgehead atoms. The van der Waals surface area contributed by atoms with Crippen LogP contribution in [0.15, 0.2) is 41.8 Å². The number of carbonyl (C=O) groups is 2. The van der Waals surface area contributed by atoms with E-state index in [2.05, 4.69) is 29.5 Å². The summed E-state index contributed by atoms with van der Waals surface area (Å²) in [6.07, 6.45) is 1.08. The summed E-state index contributed by atoms with van der Waals surface area (Å²) in [7, 11) is 0. The summed E-state index contributed by atoms with van der Waals surface area (Å²) in [5, 5.41) is 9.45. The van der Waals surface area contributed by atoms with E-state index in [0.29, 0.717) is 10.7 Å². The van der Waals surface area contributed by atoms with Crippen molar-refractivity contribution in [1.82, 2.24) is 9.78 Å². The van der Waals surface area contributed by atoms with Gasteiger partial charge in [0.05, 0.1) is 22.2 Å². The molecule has 2 aromatic heterocycles. The number of anilines is 1. The molecule has 132 valence electrons. The maximum Gasteiger partial charge on any atom is 0.226 e. The molecular formula is C20H19N3O2S. The summed E-state index contributed by atoms with van der Waals surface area (Å²) >= 11 is 1.41. The van der Waals surface area contributed by atoms with E-state index in [4.69, 9.17) is 0 Å². The maximum atomic E-state index is 13.0. The van der Waals surface area contributed by atoms with Gasteiger partial charge in [0.1, 0.15) is 5.82 Å². The fourth-order valence-corrected chi connectivity index (χ4v) is 4.18. The predicted octanol–water partition coefficient (Wildman–Crippen LogP) is 4.11. The molecule has 1 aliphatic rings. The molecule has 4 rings (SSSR count). The van der Waals surface area contributed by atoms with Crippen molar-refractivity contribution < 1.29 is 9.59 Å². The Labute approximate surface area is 155 Å². The highest BCUT2D eigenvalue weighted by molar-refractivity contribution is 7.12. The number of nitrogens with zero attached hydrogens (tertiary/aromatic N) is 2. The number of nitrogens with one attached hydrogen (secondary N) is 1. The minimum Gasteiger partial charge on any atom is -0.310 e. The van der Waals surface area contributed by atoms with E-state index in [9.17, 15) is 9.59 Å². The topological polar surface area (TPSA) is 64.0 Å². The smallest absolute Gasteiger partial charge is 0.226 e. The molecule has 1 aromatic carbocycles. The SMILES string of the molecule is CCc1cccc(-n2nc(C)c3c2NC(=O)CC3C(=O)c2cccs2)c1. The lowest BCUT2D eigenvalue weighted by Crippen LogP contribution is -2.28. The van der Waals surface area contributed by atoms with E-state index < -0.39 is 5.92 Å². The third-order valence-corrected chi connectivity index (χ3v) is 5.63. The molecule has 1 aliphatic heterocycles. The van der Waals surface area contributed by atoms with Gasteiger partial charge < -0.3 is 5.32 Å². The van der Waals surface area contributed by atoms with E-state index in [0.717, 1.165) is 23.4 Å². The van der Waals surface area contributed by atoms with Crippen LogP contribution < -0.4 is 5.32 Å². The van der Waals surface area contributed by atoms with Gasteiger partial charge in [0.2, 0.25) is 5.91 Å². The van der Waals surface area contributed by atoms with Crippen LogP contribution in [0.5, 0.6) is 0 Å². The Morgan fingerprint density at radius 2 is 2.19 bits per heavy atom. The molecule has 1 amide bonds. The van der Waals surface area contributed by atoms with Crippen LogP contribution in [0, 0.1) is 6.92 Å². The second-order valence-corrected chi connectivity index (χ2v) is 7.38. The molecule has 5 nitrogen and oxygen atoms in total. The van der Waals surface area contributed by atoms with Crippen molar-refractivity contribution in [2.45, 2.75) is 32.6 Å². The van der Waals surface area contributed by atoms with Gasteiger partial charge in [-0.15, -0.1) is 11.3 Å². The van der Waals surface area contributed by atoms with Crippen molar-refractivity contribution in [3.05, 3.63) is 63.5 Å². The molecule has 0 radical (unpaired) electrons. The summed E-state index contributed by atoms with van der Waals surface area (Å²) in [4.78, 5) is 26.0. The van der Waals surface area contributed by atoms with Crippen LogP contribution in [0.1, 0.15) is 45.8 Å². The predicted molar refractivity (Wildman–Crippen MR) is 102 cm³/mol. The van der Waals surface area contributed by atoms with Gasteiger partial charge in [0, 0.05) is 12.0 Å². The monoisotopic (exact) mass is 365 g/mol. The average molecular weight is 365 g/mol. The summed E-state index contributed by atoms with van der Waals surface area (Å²) < 4.78 is 1.75. The first-order valence-corrected chi connectivity index (χ1v) is 9.53. The van der Waals surface area contributed by atoms with Crippen LogP contribution in [0.25, 0.3) is 5.69 Å². The number of rotatable bonds is 4. The number of aromatic nitrogens is 2. The molecule has 0 saturated carbocycles. The second kappa shape index (κ2) is 6.53. The lowest BCUT2D eigenvalue weighted by molar-refractivity contribution is -0.116. The summed E-state index contributed by atoms with van der Waals surface area (Å²) in [6, 6.07) is 11.7. The van der Waals surface area contributed by atoms with Crippen LogP contribution in [-0.4, -0.2) is 21.5 Å². The van der Waals surface area contributed by atoms with Crippen molar-refractivity contribution in [2.75, 3.05) is 5.32 Å². The molecule has 1 unspecified atom stereocenters. The number of ketones is 1. The molecule has 6 heteroatoms. The standard InChI is InChI=1S/C20H19N3O2S/c1-3-13-6-4-7-14(10-13)23-20-18(12(2)22-23)15(11-17(24)21-20)19(25)16-8-5-9-26-16/h4-10,15H,3,11H2,1-2H3,(H,21,24). The molecule has 0 saturated heterocycles. The minimum atomic E-state index is -0.486. The van der Waals surface area contributed by atoms with Crippen LogP contribution in [-0.2, 0) is 11.2 Å². The Kier molecular flexibility index (Phi) is 4.20. The van der Waals surface area contributed by atoms with E-state index in [1.54, 1.807) is 4.68 Å². The Balaban J connectivity index is 1.83. The maximum absolute atomic E-state index is 13.0. The Morgan fingerprint density at radius 1 is 1.35 bits per heavy atom. The highest BCUT2D eigenvalue weighted by Crippen LogP contribution is 2.38. The molecule has 1 N–H and O–H groups in total. The Morgan fingerprint density at radius 3 is 2.92 bits per heavy atom. The van der Waals surface area contributed by atoms with Gasteiger partial charge in [0.25, 0.3) is 0 Å². The largest absolute Gasteiger partial charge is 0.310 e. The molecule has 0 spiro atoms. The Hall–Kier alpha value is -2.73. The summed E-state index contributed by atoms with van der Waals surface area (Å²) in [5.74, 6) is -0.0383. The molecule has 3 aromatic rings. The van der Waals surface area contributed by atoms with Gasteiger partial charge in [-0.2, -0.15) is 5.10 Å². The first-order valence-electron chi connectivity index (χ1n) is 8.65. The van der Waals surface area contributed by atoms with Crippen LogP contribution >= 0.6 is 11.3 Å². The van der Waals surface area contributed by atoms with Gasteiger partial charge in [-0.05, 0) is 42.5 Å². The van der Waals surface area contributed by atoms with Crippen molar-refractivity contribution in [3.8, 4) is 5.69 Å². The van der Waals surface area contributed by atoms with E-state index in [1.807, 2.05) is 36.6 Å². The fraction of sp³-hybridized carbons (Fsp3) is 0.250. The van der Waals surface area contributed by atoms with Crippen molar-refractivity contribution in [2.24, 2.45) is 0 Å². The lowest BCUT2D eigenvalue weighted by atomic mass is 9.87. The first kappa shape index (κ1) is 16.7. The van der Waals surface area contributed by atoms with Gasteiger partial charge >= 0.3 is 0 Å². The first-order chi connectivity index (χ1) is 12.6. The zero-order chi connectivity index (χ0) is 18.3. The summed E-state index contributed by atoms with van der Waals surface area (Å²) in [6.45, 7) is 3.99. The van der Waals surface area contributed by atoms with Gasteiger partial charge in [-0.1, -0.05) is 25.1 Å². The number of amides is 1. The highest BCUT2D eigenvalue weighted by atomic mass is 32.1. The third-order valence-electron chi connectivity index (χ3n) is 4.75. The molecule has 1 atom stereocenters. The van der Waals surface area contributed by atoms with Crippen LogP contribution in [0.3, 0.4) is 0 Å². The number of hydrogen-bond donors (Lipinski definition) is 1. The van der Waals surface area contributed by atoms with Gasteiger partial charge in [-0.3, -0.25) is 9.59 Å². The average Bonchev–Trinajstić information content (AvgIpc) is 3.29. The zero-order valence-electron chi connectivity index (χ0n) is 14.7. The number of aryl methyl sites for hydroxylation is 2. The second-order valence-electron chi connectivity index (χ2n) is 6.43. The number of carbonyl (C=O) groups excluding carboxylic acids is 2. The van der Waals surface area contributed by atoms with Crippen molar-refractivity contribution in [3.63, 3.8) is 0 Å².